The zero-order valence-electron chi connectivity index (χ0n) is 15.7. The Balaban J connectivity index is 1.86. The highest BCUT2D eigenvalue weighted by molar-refractivity contribution is 5.97. The number of nitrogens with zero attached hydrogens (tertiary/aromatic N) is 4. The van der Waals surface area contributed by atoms with E-state index in [4.69, 9.17) is 5.26 Å². The van der Waals surface area contributed by atoms with E-state index in [0.717, 1.165) is 5.56 Å². The number of urea groups is 1. The van der Waals surface area contributed by atoms with E-state index in [1.165, 1.54) is 23.0 Å². The summed E-state index contributed by atoms with van der Waals surface area (Å²) in [5.41, 5.74) is 1.85. The summed E-state index contributed by atoms with van der Waals surface area (Å²) in [5.74, 6) is -0.422. The number of carbonyl (C=O) groups excluding carboxylic acids is 2. The maximum Gasteiger partial charge on any atom is 0.324 e. The number of nitro benzene ring substituents is 1. The van der Waals surface area contributed by atoms with Crippen molar-refractivity contribution in [2.24, 2.45) is 0 Å². The van der Waals surface area contributed by atoms with E-state index < -0.39 is 10.9 Å². The molecule has 3 rings (SSSR count). The van der Waals surface area contributed by atoms with E-state index in [0.29, 0.717) is 17.7 Å². The molecule has 1 aliphatic heterocycles. The first-order valence-electron chi connectivity index (χ1n) is 8.87. The Morgan fingerprint density at radius 3 is 2.52 bits per heavy atom. The average molecular weight is 394 g/mol. The second kappa shape index (κ2) is 8.39. The Kier molecular flexibility index (Phi) is 5.74. The van der Waals surface area contributed by atoms with Crippen LogP contribution in [-0.4, -0.2) is 48.6 Å². The van der Waals surface area contributed by atoms with Crippen LogP contribution >= 0.6 is 0 Å². The molecular weight excluding hydrogens is 376 g/mol. The van der Waals surface area contributed by atoms with Gasteiger partial charge >= 0.3 is 12.0 Å². The fourth-order valence-corrected chi connectivity index (χ4v) is 3.16. The SMILES string of the molecule is COC(=O)CCN1CCN(c2ccc(-c3ccc(C#N)cc3)cc2[N+](=O)[O-])C1=O. The quantitative estimate of drug-likeness (QED) is 0.422. The molecule has 1 fully saturated rings. The topological polar surface area (TPSA) is 117 Å². The van der Waals surface area contributed by atoms with Gasteiger partial charge in [-0.15, -0.1) is 0 Å². The summed E-state index contributed by atoms with van der Waals surface area (Å²) in [5, 5.41) is 20.6. The molecule has 148 valence electrons. The van der Waals surface area contributed by atoms with Crippen LogP contribution in [-0.2, 0) is 9.53 Å². The van der Waals surface area contributed by atoms with Crippen LogP contribution in [0.3, 0.4) is 0 Å². The number of benzene rings is 2. The zero-order valence-corrected chi connectivity index (χ0v) is 15.7. The summed E-state index contributed by atoms with van der Waals surface area (Å²) in [6.45, 7) is 0.848. The third kappa shape index (κ3) is 4.16. The van der Waals surface area contributed by atoms with Gasteiger partial charge in [-0.2, -0.15) is 5.26 Å². The number of anilines is 1. The molecule has 2 aromatic carbocycles. The summed E-state index contributed by atoms with van der Waals surface area (Å²) in [6, 6.07) is 13.0. The lowest BCUT2D eigenvalue weighted by atomic mass is 10.0. The third-order valence-electron chi connectivity index (χ3n) is 4.72. The summed E-state index contributed by atoms with van der Waals surface area (Å²) in [4.78, 5) is 37.9. The van der Waals surface area contributed by atoms with Gasteiger partial charge in [-0.1, -0.05) is 18.2 Å². The van der Waals surface area contributed by atoms with Gasteiger partial charge in [0.15, 0.2) is 0 Å². The predicted molar refractivity (Wildman–Crippen MR) is 104 cm³/mol. The number of nitro groups is 1. The van der Waals surface area contributed by atoms with Crippen molar-refractivity contribution < 1.29 is 19.2 Å². The molecule has 0 saturated carbocycles. The van der Waals surface area contributed by atoms with Crippen molar-refractivity contribution in [1.82, 2.24) is 4.90 Å². The van der Waals surface area contributed by atoms with Crippen molar-refractivity contribution in [3.05, 3.63) is 58.1 Å². The maximum atomic E-state index is 12.7. The summed E-state index contributed by atoms with van der Waals surface area (Å²) >= 11 is 0. The second-order valence-electron chi connectivity index (χ2n) is 6.40. The van der Waals surface area contributed by atoms with Crippen molar-refractivity contribution >= 4 is 23.4 Å². The lowest BCUT2D eigenvalue weighted by Crippen LogP contribution is -2.33. The standard InChI is InChI=1S/C20H18N4O5/c1-29-19(25)8-9-22-10-11-23(20(22)26)17-7-6-16(12-18(17)24(27)28)15-4-2-14(13-21)3-5-15/h2-7,12H,8-11H2,1H3. The van der Waals surface area contributed by atoms with E-state index in [1.54, 1.807) is 36.4 Å². The molecule has 2 amide bonds. The molecule has 1 heterocycles. The number of carbonyl (C=O) groups is 2. The lowest BCUT2D eigenvalue weighted by molar-refractivity contribution is -0.384. The Morgan fingerprint density at radius 1 is 1.21 bits per heavy atom. The van der Waals surface area contributed by atoms with Crippen molar-refractivity contribution in [3.8, 4) is 17.2 Å². The molecule has 0 aromatic heterocycles. The van der Waals surface area contributed by atoms with Crippen molar-refractivity contribution in [1.29, 1.82) is 5.26 Å². The summed E-state index contributed by atoms with van der Waals surface area (Å²) < 4.78 is 4.58. The molecule has 2 aromatic rings. The smallest absolute Gasteiger partial charge is 0.324 e. The number of hydrogen-bond donors (Lipinski definition) is 0. The van der Waals surface area contributed by atoms with Gasteiger partial charge in [0.05, 0.1) is 30.1 Å². The molecule has 0 radical (unpaired) electrons. The van der Waals surface area contributed by atoms with Gasteiger partial charge in [0.1, 0.15) is 5.69 Å². The fourth-order valence-electron chi connectivity index (χ4n) is 3.16. The largest absolute Gasteiger partial charge is 0.469 e. The highest BCUT2D eigenvalue weighted by Crippen LogP contribution is 2.35. The molecule has 0 bridgehead atoms. The first kappa shape index (κ1) is 19.8. The minimum atomic E-state index is -0.521. The van der Waals surface area contributed by atoms with Gasteiger partial charge in [-0.3, -0.25) is 19.8 Å². The van der Waals surface area contributed by atoms with Crippen molar-refractivity contribution in [2.45, 2.75) is 6.42 Å². The Labute approximate surface area is 166 Å². The number of methoxy groups -OCH3 is 1. The van der Waals surface area contributed by atoms with E-state index in [1.807, 2.05) is 6.07 Å². The van der Waals surface area contributed by atoms with Gasteiger partial charge in [0.25, 0.3) is 5.69 Å². The highest BCUT2D eigenvalue weighted by atomic mass is 16.6. The summed E-state index contributed by atoms with van der Waals surface area (Å²) in [6.07, 6.45) is 0.0653. The van der Waals surface area contributed by atoms with Crippen LogP contribution in [0, 0.1) is 21.4 Å². The highest BCUT2D eigenvalue weighted by Gasteiger charge is 2.33. The van der Waals surface area contributed by atoms with Crippen LogP contribution in [0.15, 0.2) is 42.5 Å². The molecule has 9 heteroatoms. The predicted octanol–water partition coefficient (Wildman–Crippen LogP) is 2.94. The Morgan fingerprint density at radius 2 is 1.90 bits per heavy atom. The molecule has 1 aliphatic rings. The minimum absolute atomic E-state index is 0.0653. The summed E-state index contributed by atoms with van der Waals surface area (Å²) in [7, 11) is 1.28. The van der Waals surface area contributed by atoms with Gasteiger partial charge in [0, 0.05) is 25.7 Å². The van der Waals surface area contributed by atoms with E-state index in [2.05, 4.69) is 4.74 Å². The van der Waals surface area contributed by atoms with Crippen molar-refractivity contribution in [3.63, 3.8) is 0 Å². The zero-order chi connectivity index (χ0) is 21.0. The van der Waals surface area contributed by atoms with Crippen LogP contribution in [0.5, 0.6) is 0 Å². The average Bonchev–Trinajstić information content (AvgIpc) is 3.11. The first-order valence-corrected chi connectivity index (χ1v) is 8.87. The van der Waals surface area contributed by atoms with Gasteiger partial charge in [0.2, 0.25) is 0 Å². The van der Waals surface area contributed by atoms with E-state index in [-0.39, 0.29) is 36.9 Å². The fraction of sp³-hybridized carbons (Fsp3) is 0.250. The third-order valence-corrected chi connectivity index (χ3v) is 4.72. The minimum Gasteiger partial charge on any atom is -0.469 e. The van der Waals surface area contributed by atoms with Gasteiger partial charge in [-0.05, 0) is 29.3 Å². The molecular formula is C20H18N4O5. The number of hydrogen-bond acceptors (Lipinski definition) is 6. The van der Waals surface area contributed by atoms with Crippen LogP contribution in [0.2, 0.25) is 0 Å². The van der Waals surface area contributed by atoms with Crippen LogP contribution in [0.25, 0.3) is 11.1 Å². The molecule has 9 nitrogen and oxygen atoms in total. The van der Waals surface area contributed by atoms with Gasteiger partial charge < -0.3 is 9.64 Å². The van der Waals surface area contributed by atoms with Crippen LogP contribution in [0.1, 0.15) is 12.0 Å². The van der Waals surface area contributed by atoms with E-state index in [9.17, 15) is 19.7 Å². The van der Waals surface area contributed by atoms with Crippen LogP contribution in [0.4, 0.5) is 16.2 Å². The number of esters is 1. The Hall–Kier alpha value is -3.93. The second-order valence-corrected chi connectivity index (χ2v) is 6.40. The van der Waals surface area contributed by atoms with E-state index >= 15 is 0 Å². The van der Waals surface area contributed by atoms with Gasteiger partial charge in [-0.25, -0.2) is 4.79 Å². The molecule has 0 N–H and O–H groups in total. The number of nitriles is 1. The molecule has 0 aliphatic carbocycles. The number of rotatable bonds is 6. The Bertz CT molecular complexity index is 997. The molecule has 0 atom stereocenters. The maximum absolute atomic E-state index is 12.7. The molecule has 0 spiro atoms. The molecule has 29 heavy (non-hydrogen) atoms. The molecule has 0 unspecified atom stereocenters. The molecule has 1 saturated heterocycles. The normalized spacial score (nSPS) is 13.3. The first-order chi connectivity index (χ1) is 13.9. The van der Waals surface area contributed by atoms with Crippen LogP contribution < -0.4 is 4.90 Å². The monoisotopic (exact) mass is 394 g/mol. The lowest BCUT2D eigenvalue weighted by Gasteiger charge is -2.18. The number of amides is 2. The van der Waals surface area contributed by atoms with Crippen molar-refractivity contribution in [2.75, 3.05) is 31.6 Å². The number of ether oxygens (including phenoxy) is 1.